The molecule has 2 aromatic carbocycles. The van der Waals surface area contributed by atoms with Gasteiger partial charge in [-0.1, -0.05) is 6.07 Å². The van der Waals surface area contributed by atoms with Gasteiger partial charge in [-0.05, 0) is 42.0 Å². The molecule has 0 fully saturated rings. The van der Waals surface area contributed by atoms with Crippen LogP contribution in [0.3, 0.4) is 0 Å². The number of anilines is 2. The van der Waals surface area contributed by atoms with Gasteiger partial charge >= 0.3 is 6.03 Å². The van der Waals surface area contributed by atoms with Gasteiger partial charge in [0.15, 0.2) is 11.5 Å². The Bertz CT molecular complexity index is 759. The fraction of sp³-hybridized carbons (Fsp3) is 0.222. The van der Waals surface area contributed by atoms with Crippen molar-refractivity contribution in [3.63, 3.8) is 0 Å². The minimum absolute atomic E-state index is 0.234. The summed E-state index contributed by atoms with van der Waals surface area (Å²) in [6, 6.07) is 11.3. The van der Waals surface area contributed by atoms with Gasteiger partial charge in [-0.3, -0.25) is 4.79 Å². The Hall–Kier alpha value is -3.22. The molecule has 0 aliphatic heterocycles. The van der Waals surface area contributed by atoms with Crippen LogP contribution >= 0.6 is 0 Å². The summed E-state index contributed by atoms with van der Waals surface area (Å²) in [5.74, 6) is 0.774. The van der Waals surface area contributed by atoms with Gasteiger partial charge in [-0.25, -0.2) is 9.69 Å². The molecule has 132 valence electrons. The van der Waals surface area contributed by atoms with Gasteiger partial charge in [0.05, 0.1) is 19.9 Å². The molecule has 0 unspecified atom stereocenters. The maximum absolute atomic E-state index is 12.4. The van der Waals surface area contributed by atoms with E-state index in [4.69, 9.17) is 15.2 Å². The first-order valence-corrected chi connectivity index (χ1v) is 7.61. The number of hydrogen-bond acceptors (Lipinski definition) is 5. The Morgan fingerprint density at radius 1 is 1.04 bits per heavy atom. The molecular weight excluding hydrogens is 322 g/mol. The fourth-order valence-corrected chi connectivity index (χ4v) is 2.31. The average Bonchev–Trinajstić information content (AvgIpc) is 2.61. The molecule has 0 aromatic heterocycles. The Morgan fingerprint density at radius 2 is 1.68 bits per heavy atom. The molecule has 0 radical (unpaired) electrons. The van der Waals surface area contributed by atoms with Crippen molar-refractivity contribution in [2.45, 2.75) is 13.5 Å². The Labute approximate surface area is 146 Å². The number of carbonyl (C=O) groups is 2. The predicted octanol–water partition coefficient (Wildman–Crippen LogP) is 2.55. The SMILES string of the molecule is COc1ccc(CNC(=O)N(C(C)=O)c2ccc(N)cc2)cc1OC. The first-order valence-electron chi connectivity index (χ1n) is 7.61. The number of nitrogens with one attached hydrogen (secondary N) is 1. The van der Waals surface area contributed by atoms with Crippen molar-refractivity contribution in [1.29, 1.82) is 0 Å². The smallest absolute Gasteiger partial charge is 0.329 e. The van der Waals surface area contributed by atoms with Crippen molar-refractivity contribution in [3.8, 4) is 11.5 Å². The van der Waals surface area contributed by atoms with E-state index in [1.54, 1.807) is 50.6 Å². The van der Waals surface area contributed by atoms with E-state index in [9.17, 15) is 9.59 Å². The molecule has 0 aliphatic rings. The van der Waals surface area contributed by atoms with Crippen molar-refractivity contribution in [1.82, 2.24) is 5.32 Å². The molecule has 2 aromatic rings. The summed E-state index contributed by atoms with van der Waals surface area (Å²) < 4.78 is 10.4. The highest BCUT2D eigenvalue weighted by molar-refractivity contribution is 6.13. The summed E-state index contributed by atoms with van der Waals surface area (Å²) in [6.45, 7) is 1.56. The third kappa shape index (κ3) is 4.41. The Balaban J connectivity index is 2.11. The second-order valence-corrected chi connectivity index (χ2v) is 5.29. The number of amides is 3. The number of carbonyl (C=O) groups excluding carboxylic acids is 2. The van der Waals surface area contributed by atoms with E-state index < -0.39 is 11.9 Å². The standard InChI is InChI=1S/C18H21N3O4/c1-12(22)21(15-7-5-14(19)6-8-15)18(23)20-11-13-4-9-16(24-2)17(10-13)25-3/h4-10H,11,19H2,1-3H3,(H,20,23). The van der Waals surface area contributed by atoms with Gasteiger partial charge in [0.2, 0.25) is 5.91 Å². The third-order valence-electron chi connectivity index (χ3n) is 3.56. The maximum atomic E-state index is 12.4. The first-order chi connectivity index (χ1) is 12.0. The lowest BCUT2D eigenvalue weighted by Gasteiger charge is -2.20. The van der Waals surface area contributed by atoms with Gasteiger partial charge < -0.3 is 20.5 Å². The van der Waals surface area contributed by atoms with Gasteiger partial charge in [0, 0.05) is 19.2 Å². The van der Waals surface area contributed by atoms with Crippen molar-refractivity contribution in [2.24, 2.45) is 0 Å². The molecular formula is C18H21N3O4. The van der Waals surface area contributed by atoms with Crippen molar-refractivity contribution in [2.75, 3.05) is 24.9 Å². The van der Waals surface area contributed by atoms with Crippen molar-refractivity contribution >= 4 is 23.3 Å². The van der Waals surface area contributed by atoms with Crippen LogP contribution in [0, 0.1) is 0 Å². The first kappa shape index (κ1) is 18.1. The number of ether oxygens (including phenoxy) is 2. The molecule has 0 spiro atoms. The van der Waals surface area contributed by atoms with Crippen LogP contribution in [-0.4, -0.2) is 26.2 Å². The van der Waals surface area contributed by atoms with Crippen LogP contribution in [0.5, 0.6) is 11.5 Å². The van der Waals surface area contributed by atoms with Gasteiger partial charge in [-0.2, -0.15) is 0 Å². The van der Waals surface area contributed by atoms with Crippen LogP contribution in [0.1, 0.15) is 12.5 Å². The van der Waals surface area contributed by atoms with E-state index in [0.717, 1.165) is 10.5 Å². The largest absolute Gasteiger partial charge is 0.493 e. The summed E-state index contributed by atoms with van der Waals surface area (Å²) in [6.07, 6.45) is 0. The van der Waals surface area contributed by atoms with Crippen molar-refractivity contribution in [3.05, 3.63) is 48.0 Å². The minimum atomic E-state index is -0.521. The Morgan fingerprint density at radius 3 is 2.24 bits per heavy atom. The molecule has 0 atom stereocenters. The number of imide groups is 1. The monoisotopic (exact) mass is 343 g/mol. The second kappa shape index (κ2) is 8.05. The zero-order valence-electron chi connectivity index (χ0n) is 14.4. The molecule has 0 saturated heterocycles. The summed E-state index contributed by atoms with van der Waals surface area (Å²) in [7, 11) is 3.09. The Kier molecular flexibility index (Phi) is 5.84. The van der Waals surface area contributed by atoms with Gasteiger partial charge in [0.25, 0.3) is 0 Å². The van der Waals surface area contributed by atoms with Crippen LogP contribution < -0.4 is 25.4 Å². The summed E-state index contributed by atoms with van der Waals surface area (Å²) >= 11 is 0. The van der Waals surface area contributed by atoms with Crippen molar-refractivity contribution < 1.29 is 19.1 Å². The molecule has 7 nitrogen and oxygen atoms in total. The highest BCUT2D eigenvalue weighted by Gasteiger charge is 2.20. The van der Waals surface area contributed by atoms with E-state index in [-0.39, 0.29) is 6.54 Å². The lowest BCUT2D eigenvalue weighted by molar-refractivity contribution is -0.115. The minimum Gasteiger partial charge on any atom is -0.493 e. The van der Waals surface area contributed by atoms with E-state index in [1.807, 2.05) is 6.07 Å². The highest BCUT2D eigenvalue weighted by atomic mass is 16.5. The molecule has 25 heavy (non-hydrogen) atoms. The van der Waals surface area contributed by atoms with E-state index >= 15 is 0 Å². The van der Waals surface area contributed by atoms with Crippen LogP contribution in [0.25, 0.3) is 0 Å². The normalized spacial score (nSPS) is 10.0. The van der Waals surface area contributed by atoms with Gasteiger partial charge in [-0.15, -0.1) is 0 Å². The molecule has 3 N–H and O–H groups in total. The number of rotatable bonds is 5. The summed E-state index contributed by atoms with van der Waals surface area (Å²) in [5, 5.41) is 2.72. The van der Waals surface area contributed by atoms with E-state index in [2.05, 4.69) is 5.32 Å². The van der Waals surface area contributed by atoms with E-state index in [0.29, 0.717) is 22.9 Å². The van der Waals surface area contributed by atoms with E-state index in [1.165, 1.54) is 6.92 Å². The molecule has 0 aliphatic carbocycles. The molecule has 2 rings (SSSR count). The van der Waals surface area contributed by atoms with Gasteiger partial charge in [0.1, 0.15) is 0 Å². The second-order valence-electron chi connectivity index (χ2n) is 5.29. The van der Waals surface area contributed by atoms with Crippen LogP contribution in [0.4, 0.5) is 16.2 Å². The van der Waals surface area contributed by atoms with Crippen LogP contribution in [-0.2, 0) is 11.3 Å². The third-order valence-corrected chi connectivity index (χ3v) is 3.56. The lowest BCUT2D eigenvalue weighted by atomic mass is 10.2. The number of methoxy groups -OCH3 is 2. The average molecular weight is 343 g/mol. The maximum Gasteiger partial charge on any atom is 0.329 e. The molecule has 0 heterocycles. The fourth-order valence-electron chi connectivity index (χ4n) is 2.31. The number of nitrogens with two attached hydrogens (primary N) is 1. The predicted molar refractivity (Wildman–Crippen MR) is 95.8 cm³/mol. The zero-order valence-corrected chi connectivity index (χ0v) is 14.4. The summed E-state index contributed by atoms with van der Waals surface area (Å²) in [4.78, 5) is 25.3. The molecule has 3 amide bonds. The number of urea groups is 1. The summed E-state index contributed by atoms with van der Waals surface area (Å²) in [5.41, 5.74) is 7.45. The zero-order chi connectivity index (χ0) is 18.4. The molecule has 0 saturated carbocycles. The van der Waals surface area contributed by atoms with Crippen LogP contribution in [0.15, 0.2) is 42.5 Å². The quantitative estimate of drug-likeness (QED) is 0.814. The molecule has 7 heteroatoms. The highest BCUT2D eigenvalue weighted by Crippen LogP contribution is 2.27. The number of hydrogen-bond donors (Lipinski definition) is 2. The number of nitrogen functional groups attached to an aromatic ring is 1. The lowest BCUT2D eigenvalue weighted by Crippen LogP contribution is -2.42. The number of benzene rings is 2. The van der Waals surface area contributed by atoms with Crippen LogP contribution in [0.2, 0.25) is 0 Å². The molecule has 0 bridgehead atoms. The topological polar surface area (TPSA) is 93.9 Å². The number of nitrogens with zero attached hydrogens (tertiary/aromatic N) is 1.